The Bertz CT molecular complexity index is 1250. The third-order valence-electron chi connectivity index (χ3n) is 4.85. The van der Waals surface area contributed by atoms with Gasteiger partial charge in [0, 0.05) is 17.1 Å². The van der Waals surface area contributed by atoms with Crippen LogP contribution in [0.5, 0.6) is 28.7 Å². The smallest absolute Gasteiger partial charge is 0.262 e. The van der Waals surface area contributed by atoms with Gasteiger partial charge >= 0.3 is 0 Å². The maximum absolute atomic E-state index is 12.4. The number of hydrogen-bond donors (Lipinski definition) is 4. The Hall–Kier alpha value is -4.15. The normalized spacial score (nSPS) is 11.0. The highest BCUT2D eigenvalue weighted by molar-refractivity contribution is 6.32. The number of aromatic hydroxyl groups is 3. The molecule has 8 heteroatoms. The van der Waals surface area contributed by atoms with Crippen LogP contribution in [0.3, 0.4) is 0 Å². The lowest BCUT2D eigenvalue weighted by Crippen LogP contribution is -2.23. The fraction of sp³-hybridized carbons (Fsp3) is 0.120. The number of nitrogens with one attached hydrogen (secondary N) is 1. The van der Waals surface area contributed by atoms with E-state index in [1.807, 2.05) is 26.0 Å². The van der Waals surface area contributed by atoms with E-state index >= 15 is 0 Å². The molecule has 3 aromatic carbocycles. The van der Waals surface area contributed by atoms with Crippen molar-refractivity contribution in [2.45, 2.75) is 20.4 Å². The number of ether oxygens (including phenoxy) is 1. The largest absolute Gasteiger partial charge is 0.504 e. The van der Waals surface area contributed by atoms with Gasteiger partial charge in [-0.2, -0.15) is 5.26 Å². The van der Waals surface area contributed by atoms with Gasteiger partial charge in [0.25, 0.3) is 5.91 Å². The molecule has 33 heavy (non-hydrogen) atoms. The van der Waals surface area contributed by atoms with Crippen LogP contribution in [0.4, 0.5) is 0 Å². The summed E-state index contributed by atoms with van der Waals surface area (Å²) in [5, 5.41) is 41.5. The van der Waals surface area contributed by atoms with E-state index in [1.54, 1.807) is 30.3 Å². The van der Waals surface area contributed by atoms with Gasteiger partial charge in [0.05, 0.1) is 0 Å². The van der Waals surface area contributed by atoms with E-state index in [1.165, 1.54) is 6.07 Å². The monoisotopic (exact) mass is 464 g/mol. The average molecular weight is 465 g/mol. The maximum Gasteiger partial charge on any atom is 0.262 e. The minimum Gasteiger partial charge on any atom is -0.504 e. The van der Waals surface area contributed by atoms with E-state index in [9.17, 15) is 25.4 Å². The first-order chi connectivity index (χ1) is 15.7. The molecule has 0 aliphatic carbocycles. The van der Waals surface area contributed by atoms with Crippen LogP contribution < -0.4 is 10.1 Å². The van der Waals surface area contributed by atoms with Gasteiger partial charge in [-0.25, -0.2) is 0 Å². The molecule has 0 bridgehead atoms. The zero-order chi connectivity index (χ0) is 24.1. The van der Waals surface area contributed by atoms with E-state index < -0.39 is 23.2 Å². The quantitative estimate of drug-likeness (QED) is 0.229. The van der Waals surface area contributed by atoms with Crippen molar-refractivity contribution in [2.24, 2.45) is 0 Å². The topological polar surface area (TPSA) is 123 Å². The third kappa shape index (κ3) is 5.56. The number of rotatable bonds is 6. The second-order valence-electron chi connectivity index (χ2n) is 7.34. The number of nitrogens with zero attached hydrogens (tertiary/aromatic N) is 1. The molecule has 0 aliphatic heterocycles. The number of carbonyl (C=O) groups excluding carboxylic acids is 1. The summed E-state index contributed by atoms with van der Waals surface area (Å²) in [5.74, 6) is -1.24. The van der Waals surface area contributed by atoms with Crippen LogP contribution in [0.25, 0.3) is 6.08 Å². The molecule has 0 unspecified atom stereocenters. The first-order valence-corrected chi connectivity index (χ1v) is 10.2. The van der Waals surface area contributed by atoms with E-state index in [2.05, 4.69) is 5.32 Å². The third-order valence-corrected chi connectivity index (χ3v) is 5.44. The predicted octanol–water partition coefficient (Wildman–Crippen LogP) is 5.09. The highest BCUT2D eigenvalue weighted by Gasteiger charge is 2.14. The Morgan fingerprint density at radius 2 is 1.67 bits per heavy atom. The van der Waals surface area contributed by atoms with Crippen molar-refractivity contribution in [1.29, 1.82) is 5.26 Å². The molecule has 0 spiro atoms. The summed E-state index contributed by atoms with van der Waals surface area (Å²) in [4.78, 5) is 12.4. The predicted molar refractivity (Wildman–Crippen MR) is 124 cm³/mol. The van der Waals surface area contributed by atoms with Crippen molar-refractivity contribution in [3.63, 3.8) is 0 Å². The van der Waals surface area contributed by atoms with Crippen molar-refractivity contribution < 1.29 is 24.9 Å². The highest BCUT2D eigenvalue weighted by Crippen LogP contribution is 2.38. The Labute approximate surface area is 195 Å². The summed E-state index contributed by atoms with van der Waals surface area (Å²) in [7, 11) is 0. The average Bonchev–Trinajstić information content (AvgIpc) is 2.80. The minimum absolute atomic E-state index is 0.0196. The van der Waals surface area contributed by atoms with Gasteiger partial charge in [0.15, 0.2) is 11.5 Å². The van der Waals surface area contributed by atoms with Crippen molar-refractivity contribution >= 4 is 23.6 Å². The fourth-order valence-electron chi connectivity index (χ4n) is 3.06. The highest BCUT2D eigenvalue weighted by atomic mass is 35.5. The lowest BCUT2D eigenvalue weighted by atomic mass is 10.1. The molecule has 0 atom stereocenters. The van der Waals surface area contributed by atoms with Gasteiger partial charge in [-0.3, -0.25) is 4.79 Å². The summed E-state index contributed by atoms with van der Waals surface area (Å²) < 4.78 is 5.87. The number of phenolic OH excluding ortho intramolecular Hbond substituents is 3. The molecular weight excluding hydrogens is 444 g/mol. The maximum atomic E-state index is 12.4. The molecule has 3 rings (SSSR count). The Kier molecular flexibility index (Phi) is 7.11. The number of halogens is 1. The lowest BCUT2D eigenvalue weighted by Gasteiger charge is -2.10. The van der Waals surface area contributed by atoms with Gasteiger partial charge in [0.1, 0.15) is 23.1 Å². The second-order valence-corrected chi connectivity index (χ2v) is 7.72. The zero-order valence-electron chi connectivity index (χ0n) is 17.9. The molecule has 168 valence electrons. The molecule has 0 heterocycles. The molecule has 4 N–H and O–H groups in total. The standard InChI is InChI=1S/C25H21ClN2O5/c1-14-9-20(10-15(2)22(14)26)33-19-6-3-16(4-7-19)13-28-25(32)18(12-27)11-17-5-8-21(29)24(31)23(17)30/h3-11,29-31H,13H2,1-2H3,(H,28,32). The molecule has 0 aliphatic rings. The van der Waals surface area contributed by atoms with Crippen molar-refractivity contribution in [3.8, 4) is 34.8 Å². The van der Waals surface area contributed by atoms with Crippen LogP contribution in [0, 0.1) is 25.2 Å². The van der Waals surface area contributed by atoms with Crippen LogP contribution in [0.2, 0.25) is 5.02 Å². The number of benzene rings is 3. The fourth-order valence-corrected chi connectivity index (χ4v) is 3.17. The summed E-state index contributed by atoms with van der Waals surface area (Å²) in [6.07, 6.45) is 1.12. The van der Waals surface area contributed by atoms with Crippen molar-refractivity contribution in [3.05, 3.63) is 81.4 Å². The van der Waals surface area contributed by atoms with E-state index in [0.29, 0.717) is 16.5 Å². The number of aryl methyl sites for hydroxylation is 2. The molecule has 7 nitrogen and oxygen atoms in total. The zero-order valence-corrected chi connectivity index (χ0v) is 18.6. The van der Waals surface area contributed by atoms with E-state index in [0.717, 1.165) is 28.8 Å². The summed E-state index contributed by atoms with van der Waals surface area (Å²) >= 11 is 6.18. The first-order valence-electron chi connectivity index (χ1n) is 9.87. The van der Waals surface area contributed by atoms with Crippen LogP contribution in [0.15, 0.2) is 54.1 Å². The summed E-state index contributed by atoms with van der Waals surface area (Å²) in [6.45, 7) is 3.97. The number of hydrogen-bond acceptors (Lipinski definition) is 6. The van der Waals surface area contributed by atoms with E-state index in [4.69, 9.17) is 16.3 Å². The summed E-state index contributed by atoms with van der Waals surface area (Å²) in [5.41, 5.74) is 2.36. The van der Waals surface area contributed by atoms with Gasteiger partial charge in [0.2, 0.25) is 5.75 Å². The SMILES string of the molecule is Cc1cc(Oc2ccc(CNC(=O)C(C#N)=Cc3ccc(O)c(O)c3O)cc2)cc(C)c1Cl. The molecule has 0 fully saturated rings. The van der Waals surface area contributed by atoms with Crippen LogP contribution in [0.1, 0.15) is 22.3 Å². The second kappa shape index (κ2) is 9.98. The molecule has 0 aromatic heterocycles. The molecule has 1 amide bonds. The molecule has 3 aromatic rings. The van der Waals surface area contributed by atoms with Crippen molar-refractivity contribution in [1.82, 2.24) is 5.32 Å². The van der Waals surface area contributed by atoms with Gasteiger partial charge in [-0.05, 0) is 73.0 Å². The van der Waals surface area contributed by atoms with Gasteiger partial charge in [-0.1, -0.05) is 23.7 Å². The van der Waals surface area contributed by atoms with E-state index in [-0.39, 0.29) is 17.7 Å². The molecule has 0 radical (unpaired) electrons. The number of amides is 1. The van der Waals surface area contributed by atoms with Crippen LogP contribution in [-0.4, -0.2) is 21.2 Å². The summed E-state index contributed by atoms with van der Waals surface area (Å²) in [6, 6.07) is 15.0. The number of nitriles is 1. The Balaban J connectivity index is 1.65. The Morgan fingerprint density at radius 3 is 2.27 bits per heavy atom. The number of carbonyl (C=O) groups is 1. The Morgan fingerprint density at radius 1 is 1.03 bits per heavy atom. The lowest BCUT2D eigenvalue weighted by molar-refractivity contribution is -0.117. The molecule has 0 saturated carbocycles. The van der Waals surface area contributed by atoms with Crippen molar-refractivity contribution in [2.75, 3.05) is 0 Å². The number of phenols is 3. The minimum atomic E-state index is -0.729. The van der Waals surface area contributed by atoms with Crippen LogP contribution in [-0.2, 0) is 11.3 Å². The molecular formula is C25H21ClN2O5. The van der Waals surface area contributed by atoms with Gasteiger partial charge in [-0.15, -0.1) is 0 Å². The van der Waals surface area contributed by atoms with Crippen LogP contribution >= 0.6 is 11.6 Å². The van der Waals surface area contributed by atoms with Gasteiger partial charge < -0.3 is 25.4 Å². The first kappa shape index (κ1) is 23.5. The molecule has 0 saturated heterocycles.